The van der Waals surface area contributed by atoms with Gasteiger partial charge in [0.2, 0.25) is 5.91 Å². The third kappa shape index (κ3) is 4.08. The minimum atomic E-state index is -0.548. The Bertz CT molecular complexity index is 456. The minimum absolute atomic E-state index is 0.105. The molecule has 1 aromatic carbocycles. The smallest absolute Gasteiger partial charge is 0.233 e. The van der Waals surface area contributed by atoms with Gasteiger partial charge in [-0.1, -0.05) is 5.92 Å². The van der Waals surface area contributed by atoms with E-state index in [0.717, 1.165) is 30.0 Å². The van der Waals surface area contributed by atoms with Gasteiger partial charge in [0.1, 0.15) is 11.6 Å². The molecular weight excluding hydrogens is 244 g/mol. The summed E-state index contributed by atoms with van der Waals surface area (Å²) in [4.78, 5) is 11.6. The summed E-state index contributed by atoms with van der Waals surface area (Å²) in [6.45, 7) is 1.72. The fraction of sp³-hybridized carbons (Fsp3) is 0.250. The van der Waals surface area contributed by atoms with E-state index >= 15 is 0 Å². The molecule has 1 amide bonds. The van der Waals surface area contributed by atoms with Crippen LogP contribution in [-0.4, -0.2) is 17.7 Å². The van der Waals surface area contributed by atoms with E-state index in [9.17, 15) is 13.6 Å². The highest BCUT2D eigenvalue weighted by Gasteiger charge is 2.16. The number of hydrogen-bond acceptors (Lipinski definition) is 2. The van der Waals surface area contributed by atoms with Crippen LogP contribution in [0.5, 0.6) is 0 Å². The molecule has 0 saturated carbocycles. The maximum absolute atomic E-state index is 13.3. The number of amides is 1. The van der Waals surface area contributed by atoms with Gasteiger partial charge in [0, 0.05) is 4.90 Å². The molecule has 0 aromatic heterocycles. The fourth-order valence-electron chi connectivity index (χ4n) is 1.09. The number of carbonyl (C=O) groups is 1. The van der Waals surface area contributed by atoms with Crippen molar-refractivity contribution < 1.29 is 13.6 Å². The Morgan fingerprint density at radius 3 is 2.94 bits per heavy atom. The first kappa shape index (κ1) is 13.5. The maximum atomic E-state index is 13.3. The van der Waals surface area contributed by atoms with E-state index in [1.54, 1.807) is 6.92 Å². The Labute approximate surface area is 103 Å². The first-order valence-corrected chi connectivity index (χ1v) is 5.75. The minimum Gasteiger partial charge on any atom is -0.344 e. The summed E-state index contributed by atoms with van der Waals surface area (Å²) in [5.74, 6) is 0.869. The third-order valence-corrected chi connectivity index (χ3v) is 3.07. The van der Waals surface area contributed by atoms with Gasteiger partial charge >= 0.3 is 0 Å². The summed E-state index contributed by atoms with van der Waals surface area (Å²) in [7, 11) is 0. The number of rotatable bonds is 4. The summed E-state index contributed by atoms with van der Waals surface area (Å²) >= 11 is 0.947. The molecule has 90 valence electrons. The van der Waals surface area contributed by atoms with Crippen molar-refractivity contribution in [1.29, 1.82) is 0 Å². The second-order valence-corrected chi connectivity index (χ2v) is 4.64. The predicted molar refractivity (Wildman–Crippen MR) is 63.5 cm³/mol. The average molecular weight is 255 g/mol. The van der Waals surface area contributed by atoms with Crippen LogP contribution in [0.15, 0.2) is 23.1 Å². The molecule has 0 heterocycles. The molecule has 0 aliphatic carbocycles. The first-order valence-electron chi connectivity index (χ1n) is 4.87. The van der Waals surface area contributed by atoms with E-state index in [2.05, 4.69) is 11.2 Å². The van der Waals surface area contributed by atoms with Crippen LogP contribution in [-0.2, 0) is 4.79 Å². The Hall–Kier alpha value is -1.54. The lowest BCUT2D eigenvalue weighted by Gasteiger charge is -2.11. The molecule has 0 fully saturated rings. The lowest BCUT2D eigenvalue weighted by molar-refractivity contribution is -0.120. The molecule has 0 spiro atoms. The number of benzene rings is 1. The molecule has 2 nitrogen and oxygen atoms in total. The van der Waals surface area contributed by atoms with Crippen molar-refractivity contribution in [3.8, 4) is 12.3 Å². The number of terminal acetylenes is 1. The van der Waals surface area contributed by atoms with Crippen molar-refractivity contribution in [3.05, 3.63) is 29.8 Å². The molecule has 0 bridgehead atoms. The zero-order valence-corrected chi connectivity index (χ0v) is 9.98. The van der Waals surface area contributed by atoms with Crippen LogP contribution in [0.25, 0.3) is 0 Å². The van der Waals surface area contributed by atoms with Crippen LogP contribution in [0.2, 0.25) is 0 Å². The summed E-state index contributed by atoms with van der Waals surface area (Å²) in [6.07, 6.45) is 4.99. The van der Waals surface area contributed by atoms with Gasteiger partial charge < -0.3 is 5.32 Å². The molecule has 17 heavy (non-hydrogen) atoms. The SMILES string of the molecule is C#CCNC(=O)C(C)Sc1cc(F)ccc1F. The molecule has 5 heteroatoms. The molecule has 1 unspecified atom stereocenters. The molecule has 1 atom stereocenters. The largest absolute Gasteiger partial charge is 0.344 e. The third-order valence-electron chi connectivity index (χ3n) is 1.93. The molecular formula is C12H11F2NOS. The maximum Gasteiger partial charge on any atom is 0.233 e. The summed E-state index contributed by atoms with van der Waals surface area (Å²) < 4.78 is 26.2. The highest BCUT2D eigenvalue weighted by atomic mass is 32.2. The van der Waals surface area contributed by atoms with E-state index in [4.69, 9.17) is 6.42 Å². The van der Waals surface area contributed by atoms with Crippen LogP contribution in [0.1, 0.15) is 6.92 Å². The standard InChI is InChI=1S/C12H11F2NOS/c1-3-6-15-12(16)8(2)17-11-7-9(13)4-5-10(11)14/h1,4-5,7-8H,6H2,2H3,(H,15,16). The number of halogens is 2. The van der Waals surface area contributed by atoms with Gasteiger partial charge in [0.05, 0.1) is 11.8 Å². The van der Waals surface area contributed by atoms with Crippen LogP contribution in [0.4, 0.5) is 8.78 Å². The number of thioether (sulfide) groups is 1. The first-order chi connectivity index (χ1) is 8.04. The van der Waals surface area contributed by atoms with Gasteiger partial charge in [-0.2, -0.15) is 0 Å². The monoisotopic (exact) mass is 255 g/mol. The Morgan fingerprint density at radius 2 is 2.29 bits per heavy atom. The van der Waals surface area contributed by atoms with Crippen LogP contribution in [0, 0.1) is 24.0 Å². The highest BCUT2D eigenvalue weighted by Crippen LogP contribution is 2.26. The van der Waals surface area contributed by atoms with Gasteiger partial charge in [-0.25, -0.2) is 8.78 Å². The van der Waals surface area contributed by atoms with Crippen LogP contribution >= 0.6 is 11.8 Å². The lowest BCUT2D eigenvalue weighted by Crippen LogP contribution is -2.31. The summed E-state index contributed by atoms with van der Waals surface area (Å²) in [5, 5.41) is 1.93. The second-order valence-electron chi connectivity index (χ2n) is 3.26. The van der Waals surface area contributed by atoms with Crippen molar-refractivity contribution >= 4 is 17.7 Å². The van der Waals surface area contributed by atoms with Crippen molar-refractivity contribution in [1.82, 2.24) is 5.32 Å². The molecule has 1 aromatic rings. The lowest BCUT2D eigenvalue weighted by atomic mass is 10.3. The Morgan fingerprint density at radius 1 is 1.59 bits per heavy atom. The van der Waals surface area contributed by atoms with Crippen molar-refractivity contribution in [2.24, 2.45) is 0 Å². The molecule has 0 radical (unpaired) electrons. The van der Waals surface area contributed by atoms with Gasteiger partial charge in [0.25, 0.3) is 0 Å². The molecule has 0 aliphatic rings. The number of carbonyl (C=O) groups excluding carboxylic acids is 1. The zero-order chi connectivity index (χ0) is 12.8. The fourth-order valence-corrected chi connectivity index (χ4v) is 2.03. The van der Waals surface area contributed by atoms with E-state index in [1.807, 2.05) is 0 Å². The van der Waals surface area contributed by atoms with Crippen LogP contribution < -0.4 is 5.32 Å². The molecule has 0 aliphatic heterocycles. The van der Waals surface area contributed by atoms with E-state index in [-0.39, 0.29) is 17.3 Å². The van der Waals surface area contributed by atoms with Crippen LogP contribution in [0.3, 0.4) is 0 Å². The van der Waals surface area contributed by atoms with Gasteiger partial charge in [0.15, 0.2) is 0 Å². The second kappa shape index (κ2) is 6.26. The van der Waals surface area contributed by atoms with Crippen molar-refractivity contribution in [3.63, 3.8) is 0 Å². The molecule has 1 N–H and O–H groups in total. The van der Waals surface area contributed by atoms with E-state index in [0.29, 0.717) is 0 Å². The summed E-state index contributed by atoms with van der Waals surface area (Å²) in [6, 6.07) is 3.12. The van der Waals surface area contributed by atoms with Gasteiger partial charge in [-0.3, -0.25) is 4.79 Å². The summed E-state index contributed by atoms with van der Waals surface area (Å²) in [5.41, 5.74) is 0. The normalized spacial score (nSPS) is 11.6. The van der Waals surface area contributed by atoms with Crippen molar-refractivity contribution in [2.45, 2.75) is 17.1 Å². The highest BCUT2D eigenvalue weighted by molar-refractivity contribution is 8.00. The van der Waals surface area contributed by atoms with E-state index in [1.165, 1.54) is 0 Å². The predicted octanol–water partition coefficient (Wildman–Crippen LogP) is 2.19. The Balaban J connectivity index is 2.67. The molecule has 1 rings (SSSR count). The molecule has 0 saturated heterocycles. The van der Waals surface area contributed by atoms with Crippen molar-refractivity contribution in [2.75, 3.05) is 6.54 Å². The Kier molecular flexibility index (Phi) is 4.98. The zero-order valence-electron chi connectivity index (χ0n) is 9.17. The number of nitrogens with one attached hydrogen (secondary N) is 1. The number of hydrogen-bond donors (Lipinski definition) is 1. The van der Waals surface area contributed by atoms with E-state index < -0.39 is 16.9 Å². The van der Waals surface area contributed by atoms with Gasteiger partial charge in [-0.05, 0) is 25.1 Å². The topological polar surface area (TPSA) is 29.1 Å². The quantitative estimate of drug-likeness (QED) is 0.660. The van der Waals surface area contributed by atoms with Gasteiger partial charge in [-0.15, -0.1) is 18.2 Å². The average Bonchev–Trinajstić information content (AvgIpc) is 2.30.